The molecule has 0 saturated heterocycles. The minimum Gasteiger partial charge on any atom is -0.455 e. The molecule has 4 bridgehead atoms. The van der Waals surface area contributed by atoms with Crippen molar-refractivity contribution in [1.82, 2.24) is 15.0 Å². The van der Waals surface area contributed by atoms with Crippen LogP contribution in [-0.2, 0) is 5.41 Å². The highest BCUT2D eigenvalue weighted by molar-refractivity contribution is 7.26. The molecule has 0 atom stereocenters. The van der Waals surface area contributed by atoms with Gasteiger partial charge in [0.15, 0.2) is 17.5 Å². The van der Waals surface area contributed by atoms with E-state index in [0.717, 1.165) is 88.9 Å². The van der Waals surface area contributed by atoms with Gasteiger partial charge >= 0.3 is 0 Å². The molecule has 0 amide bonds. The van der Waals surface area contributed by atoms with E-state index < -0.39 is 0 Å². The number of nitrogens with zero attached hydrogens (tertiary/aromatic N) is 3. The third kappa shape index (κ3) is 6.28. The summed E-state index contributed by atoms with van der Waals surface area (Å²) in [5.41, 5.74) is 13.0. The average molecular weight is 868 g/mol. The predicted molar refractivity (Wildman–Crippen MR) is 272 cm³/mol. The fraction of sp³-hybridized carbons (Fsp3) is 0.164. The van der Waals surface area contributed by atoms with Crippen LogP contribution in [0.3, 0.4) is 0 Å². The highest BCUT2D eigenvalue weighted by atomic mass is 32.1. The Hall–Kier alpha value is -7.21. The lowest BCUT2D eigenvalue weighted by Crippen LogP contribution is -2.48. The van der Waals surface area contributed by atoms with Crippen LogP contribution in [0.4, 0.5) is 0 Å². The van der Waals surface area contributed by atoms with Crippen LogP contribution >= 0.6 is 11.3 Å². The maximum atomic E-state index is 6.84. The van der Waals surface area contributed by atoms with Crippen LogP contribution in [0.5, 0.6) is 0 Å². The lowest BCUT2D eigenvalue weighted by Gasteiger charge is -2.57. The van der Waals surface area contributed by atoms with Crippen molar-refractivity contribution in [2.24, 2.45) is 17.8 Å². The smallest absolute Gasteiger partial charge is 0.167 e. The van der Waals surface area contributed by atoms with Crippen LogP contribution in [0, 0.1) is 17.8 Å². The Morgan fingerprint density at radius 3 is 1.65 bits per heavy atom. The lowest BCUT2D eigenvalue weighted by molar-refractivity contribution is -0.00518. The Balaban J connectivity index is 0.994. The molecule has 0 N–H and O–H groups in total. The van der Waals surface area contributed by atoms with Gasteiger partial charge in [0.25, 0.3) is 0 Å². The molecule has 66 heavy (non-hydrogen) atoms. The summed E-state index contributed by atoms with van der Waals surface area (Å²) in [4.78, 5) is 16.4. The highest BCUT2D eigenvalue weighted by Gasteiger charge is 2.51. The number of para-hydroxylation sites is 1. The van der Waals surface area contributed by atoms with Gasteiger partial charge in [-0.15, -0.1) is 11.3 Å². The molecule has 8 aromatic carbocycles. The molecule has 4 aliphatic rings. The maximum Gasteiger partial charge on any atom is 0.167 e. The fourth-order valence-corrected chi connectivity index (χ4v) is 13.9. The quantitative estimate of drug-likeness (QED) is 0.160. The third-order valence-corrected chi connectivity index (χ3v) is 16.5. The first-order chi connectivity index (χ1) is 32.6. The van der Waals surface area contributed by atoms with E-state index in [9.17, 15) is 0 Å². The van der Waals surface area contributed by atoms with E-state index in [1.807, 2.05) is 6.07 Å². The van der Waals surface area contributed by atoms with Gasteiger partial charge < -0.3 is 4.42 Å². The Morgan fingerprint density at radius 2 is 0.955 bits per heavy atom. The summed E-state index contributed by atoms with van der Waals surface area (Å²) in [5, 5.41) is 4.57. The number of hydrogen-bond acceptors (Lipinski definition) is 5. The van der Waals surface area contributed by atoms with Crippen molar-refractivity contribution in [2.45, 2.75) is 43.9 Å². The number of thiophene rings is 1. The molecule has 4 nitrogen and oxygen atoms in total. The van der Waals surface area contributed by atoms with Crippen molar-refractivity contribution in [3.8, 4) is 67.5 Å². The second kappa shape index (κ2) is 14.9. The number of fused-ring (bicyclic) bond motifs is 6. The SMILES string of the molecule is c1ccc(-c2cc(-c3ccccc3)cc(-c3nc(-c4cc(-c5ccc(C67CC8CC(CC(C8)C6)C7)cc5)cc5c4oc4ccccc45)nc(-c4cccc5c4sc4ccccc45)n3)c2)cc1. The van der Waals surface area contributed by atoms with Crippen LogP contribution < -0.4 is 0 Å². The van der Waals surface area contributed by atoms with Gasteiger partial charge in [-0.25, -0.2) is 15.0 Å². The van der Waals surface area contributed by atoms with Gasteiger partial charge in [-0.1, -0.05) is 133 Å². The number of furan rings is 1. The number of aromatic nitrogens is 3. The molecule has 0 radical (unpaired) electrons. The number of benzene rings is 8. The molecule has 4 saturated carbocycles. The van der Waals surface area contributed by atoms with E-state index >= 15 is 0 Å². The Labute approximate surface area is 387 Å². The van der Waals surface area contributed by atoms with E-state index in [-0.39, 0.29) is 0 Å². The molecule has 3 aromatic heterocycles. The van der Waals surface area contributed by atoms with E-state index in [1.54, 1.807) is 11.3 Å². The molecule has 316 valence electrons. The highest BCUT2D eigenvalue weighted by Crippen LogP contribution is 2.61. The largest absolute Gasteiger partial charge is 0.455 e. The minimum absolute atomic E-state index is 0.344. The molecule has 3 heterocycles. The minimum atomic E-state index is 0.344. The lowest BCUT2D eigenvalue weighted by atomic mass is 9.48. The Morgan fingerprint density at radius 1 is 0.409 bits per heavy atom. The summed E-state index contributed by atoms with van der Waals surface area (Å²) in [6, 6.07) is 65.6. The molecule has 0 unspecified atom stereocenters. The molecule has 11 aromatic rings. The molecule has 4 fully saturated rings. The summed E-state index contributed by atoms with van der Waals surface area (Å²) in [5.74, 6) is 4.53. The first-order valence-electron chi connectivity index (χ1n) is 23.6. The summed E-state index contributed by atoms with van der Waals surface area (Å²) in [7, 11) is 0. The van der Waals surface area contributed by atoms with Crippen molar-refractivity contribution < 1.29 is 4.42 Å². The van der Waals surface area contributed by atoms with Gasteiger partial charge in [-0.05, 0) is 149 Å². The second-order valence-corrected chi connectivity index (χ2v) is 20.4. The van der Waals surface area contributed by atoms with Crippen molar-refractivity contribution in [1.29, 1.82) is 0 Å². The van der Waals surface area contributed by atoms with Gasteiger partial charge in [-0.3, -0.25) is 0 Å². The third-order valence-electron chi connectivity index (χ3n) is 15.3. The number of hydrogen-bond donors (Lipinski definition) is 0. The van der Waals surface area contributed by atoms with Gasteiger partial charge in [0.05, 0.1) is 5.56 Å². The second-order valence-electron chi connectivity index (χ2n) is 19.4. The van der Waals surface area contributed by atoms with Crippen LogP contribution in [0.25, 0.3) is 110 Å². The zero-order chi connectivity index (χ0) is 43.3. The molecule has 5 heteroatoms. The number of rotatable bonds is 7. The molecule has 0 aliphatic heterocycles. The normalized spacial score (nSPS) is 20.0. The zero-order valence-electron chi connectivity index (χ0n) is 36.5. The van der Waals surface area contributed by atoms with E-state index in [2.05, 4.69) is 176 Å². The first-order valence-corrected chi connectivity index (χ1v) is 24.4. The van der Waals surface area contributed by atoms with Crippen molar-refractivity contribution in [3.63, 3.8) is 0 Å². The predicted octanol–water partition coefficient (Wildman–Crippen LogP) is 16.6. The van der Waals surface area contributed by atoms with Crippen molar-refractivity contribution in [2.75, 3.05) is 0 Å². The molecule has 15 rings (SSSR count). The van der Waals surface area contributed by atoms with Crippen LogP contribution in [0.2, 0.25) is 0 Å². The van der Waals surface area contributed by atoms with E-state index in [0.29, 0.717) is 22.9 Å². The van der Waals surface area contributed by atoms with Crippen LogP contribution in [0.15, 0.2) is 186 Å². The Bertz CT molecular complexity index is 3590. The average Bonchev–Trinajstić information content (AvgIpc) is 3.95. The van der Waals surface area contributed by atoms with Crippen LogP contribution in [0.1, 0.15) is 44.1 Å². The summed E-state index contributed by atoms with van der Waals surface area (Å²) in [6.45, 7) is 0. The Kier molecular flexibility index (Phi) is 8.61. The summed E-state index contributed by atoms with van der Waals surface area (Å²) in [6.07, 6.45) is 8.42. The zero-order valence-corrected chi connectivity index (χ0v) is 37.3. The summed E-state index contributed by atoms with van der Waals surface area (Å²) >= 11 is 1.79. The van der Waals surface area contributed by atoms with E-state index in [1.165, 1.54) is 65.1 Å². The van der Waals surface area contributed by atoms with Gasteiger partial charge in [0, 0.05) is 42.1 Å². The van der Waals surface area contributed by atoms with Gasteiger partial charge in [-0.2, -0.15) is 0 Å². The maximum absolute atomic E-state index is 6.84. The molecule has 0 spiro atoms. The van der Waals surface area contributed by atoms with Gasteiger partial charge in [0.2, 0.25) is 0 Å². The molecular weight excluding hydrogens is 823 g/mol. The molecular formula is C61H45N3OS. The van der Waals surface area contributed by atoms with E-state index in [4.69, 9.17) is 19.4 Å². The fourth-order valence-electron chi connectivity index (χ4n) is 12.7. The molecule has 4 aliphatic carbocycles. The van der Waals surface area contributed by atoms with Crippen LogP contribution in [-0.4, -0.2) is 15.0 Å². The van der Waals surface area contributed by atoms with Crippen molar-refractivity contribution in [3.05, 3.63) is 188 Å². The topological polar surface area (TPSA) is 51.8 Å². The van der Waals surface area contributed by atoms with Gasteiger partial charge in [0.1, 0.15) is 11.2 Å². The summed E-state index contributed by atoms with van der Waals surface area (Å²) < 4.78 is 9.24. The monoisotopic (exact) mass is 867 g/mol. The van der Waals surface area contributed by atoms with Crippen molar-refractivity contribution >= 4 is 53.4 Å². The first kappa shape index (κ1) is 38.1. The standard InChI is InChI=1S/C61H45N3OS/c1-3-12-40(13-4-1)43-29-44(41-14-5-2-6-15-41)31-46(30-43)58-62-59(51-19-11-18-50-49-17-8-10-21-55(49)66-57(50)51)64-60(63-58)53-33-45(32-52-48-16-7-9-20-54(48)65-56(52)53)42-22-24-47(25-23-42)61-34-37-26-38(35-61)28-39(27-37)36-61/h1-25,29-33,37-39H,26-28,34-36H2.